The van der Waals surface area contributed by atoms with E-state index >= 15 is 0 Å². The van der Waals surface area contributed by atoms with E-state index in [4.69, 9.17) is 25.4 Å². The number of amides is 2. The minimum atomic E-state index is -0.377. The summed E-state index contributed by atoms with van der Waals surface area (Å²) in [5, 5.41) is 7.95. The normalized spacial score (nSPS) is 10.2. The first-order valence-corrected chi connectivity index (χ1v) is 8.02. The molecule has 1 rings (SSSR count). The molecule has 0 spiro atoms. The van der Waals surface area contributed by atoms with E-state index in [-0.39, 0.29) is 12.0 Å². The summed E-state index contributed by atoms with van der Waals surface area (Å²) < 4.78 is 16.3. The van der Waals surface area contributed by atoms with Crippen LogP contribution in [0.4, 0.5) is 10.5 Å². The van der Waals surface area contributed by atoms with E-state index in [1.165, 1.54) is 26.2 Å². The summed E-state index contributed by atoms with van der Waals surface area (Å²) in [6.07, 6.45) is 0. The summed E-state index contributed by atoms with van der Waals surface area (Å²) in [5.41, 5.74) is 7.48. The van der Waals surface area contributed by atoms with Gasteiger partial charge in [-0.3, -0.25) is 5.41 Å². The standard InChI is InChI=1S/C17H28N4O4/c1-8-20(9-2)17(22)21(16(18)19)12-10(3)13(23-5)15(25-7)14(24-6)11(12)4/h8-9H2,1-7H3,(H3,18,19). The summed E-state index contributed by atoms with van der Waals surface area (Å²) in [4.78, 5) is 15.7. The van der Waals surface area contributed by atoms with Crippen LogP contribution < -0.4 is 24.8 Å². The molecule has 0 aliphatic rings. The number of hydrogen-bond donors (Lipinski definition) is 2. The molecular weight excluding hydrogens is 324 g/mol. The number of ether oxygens (including phenoxy) is 3. The SMILES string of the molecule is CCN(CC)C(=O)N(C(=N)N)c1c(C)c(OC)c(OC)c(OC)c1C. The fourth-order valence-corrected chi connectivity index (χ4v) is 2.91. The van der Waals surface area contributed by atoms with Gasteiger partial charge in [0.2, 0.25) is 11.7 Å². The van der Waals surface area contributed by atoms with Crippen molar-refractivity contribution < 1.29 is 19.0 Å². The van der Waals surface area contributed by atoms with Crippen molar-refractivity contribution in [2.45, 2.75) is 27.7 Å². The Morgan fingerprint density at radius 1 is 0.960 bits per heavy atom. The van der Waals surface area contributed by atoms with Crippen LogP contribution in [0, 0.1) is 19.3 Å². The molecule has 140 valence electrons. The van der Waals surface area contributed by atoms with Crippen LogP contribution in [0.1, 0.15) is 25.0 Å². The van der Waals surface area contributed by atoms with Gasteiger partial charge in [-0.05, 0) is 27.7 Å². The highest BCUT2D eigenvalue weighted by Crippen LogP contribution is 2.48. The van der Waals surface area contributed by atoms with Crippen LogP contribution in [0.3, 0.4) is 0 Å². The Labute approximate surface area is 148 Å². The number of guanidine groups is 1. The fourth-order valence-electron chi connectivity index (χ4n) is 2.91. The van der Waals surface area contributed by atoms with Crippen LogP contribution in [0.15, 0.2) is 0 Å². The van der Waals surface area contributed by atoms with E-state index in [1.54, 1.807) is 18.7 Å². The van der Waals surface area contributed by atoms with Crippen molar-refractivity contribution in [1.29, 1.82) is 5.41 Å². The molecule has 0 saturated heterocycles. The number of urea groups is 1. The van der Waals surface area contributed by atoms with Gasteiger partial charge in [-0.25, -0.2) is 9.69 Å². The summed E-state index contributed by atoms with van der Waals surface area (Å²) in [6, 6.07) is -0.377. The number of methoxy groups -OCH3 is 3. The van der Waals surface area contributed by atoms with Gasteiger partial charge in [0.1, 0.15) is 0 Å². The number of rotatable bonds is 6. The summed E-state index contributed by atoms with van der Waals surface area (Å²) in [6.45, 7) is 8.32. The molecule has 0 aliphatic heterocycles. The predicted molar refractivity (Wildman–Crippen MR) is 98.3 cm³/mol. The number of carbonyl (C=O) groups is 1. The highest BCUT2D eigenvalue weighted by Gasteiger charge is 2.31. The largest absolute Gasteiger partial charge is 0.492 e. The lowest BCUT2D eigenvalue weighted by atomic mass is 10.0. The monoisotopic (exact) mass is 352 g/mol. The van der Waals surface area contributed by atoms with E-state index in [1.807, 2.05) is 13.8 Å². The lowest BCUT2D eigenvalue weighted by molar-refractivity contribution is 0.213. The molecule has 0 radical (unpaired) electrons. The number of carbonyl (C=O) groups excluding carboxylic acids is 1. The third-order valence-electron chi connectivity index (χ3n) is 4.11. The third-order valence-corrected chi connectivity index (χ3v) is 4.11. The second kappa shape index (κ2) is 8.46. The first-order chi connectivity index (χ1) is 11.8. The minimum absolute atomic E-state index is 0.377. The third kappa shape index (κ3) is 3.57. The van der Waals surface area contributed by atoms with Crippen molar-refractivity contribution in [2.24, 2.45) is 5.73 Å². The molecule has 0 fully saturated rings. The topological polar surface area (TPSA) is 101 Å². The molecule has 0 saturated carbocycles. The molecule has 3 N–H and O–H groups in total. The number of nitrogens with one attached hydrogen (secondary N) is 1. The van der Waals surface area contributed by atoms with Crippen molar-refractivity contribution in [3.63, 3.8) is 0 Å². The molecule has 0 bridgehead atoms. The summed E-state index contributed by atoms with van der Waals surface area (Å²) >= 11 is 0. The van der Waals surface area contributed by atoms with Gasteiger partial charge in [0.25, 0.3) is 0 Å². The molecule has 25 heavy (non-hydrogen) atoms. The maximum Gasteiger partial charge on any atom is 0.331 e. The fraction of sp³-hybridized carbons (Fsp3) is 0.529. The zero-order chi connectivity index (χ0) is 19.3. The number of nitrogens with two attached hydrogens (primary N) is 1. The second-order valence-corrected chi connectivity index (χ2v) is 5.37. The molecule has 2 amide bonds. The Morgan fingerprint density at radius 3 is 1.64 bits per heavy atom. The van der Waals surface area contributed by atoms with Crippen molar-refractivity contribution in [3.05, 3.63) is 11.1 Å². The molecule has 0 aliphatic carbocycles. The number of nitrogens with zero attached hydrogens (tertiary/aromatic N) is 2. The first-order valence-electron chi connectivity index (χ1n) is 8.02. The van der Waals surface area contributed by atoms with Gasteiger partial charge < -0.3 is 24.8 Å². The maximum atomic E-state index is 12.9. The highest BCUT2D eigenvalue weighted by molar-refractivity contribution is 6.15. The quantitative estimate of drug-likeness (QED) is 0.605. The van der Waals surface area contributed by atoms with Crippen LogP contribution in [0.5, 0.6) is 17.2 Å². The van der Waals surface area contributed by atoms with Gasteiger partial charge in [0.15, 0.2) is 11.5 Å². The molecule has 1 aromatic carbocycles. The zero-order valence-electron chi connectivity index (χ0n) is 16.0. The van der Waals surface area contributed by atoms with Crippen LogP contribution in [0.25, 0.3) is 0 Å². The molecule has 0 atom stereocenters. The molecular formula is C17H28N4O4. The van der Waals surface area contributed by atoms with Crippen molar-refractivity contribution in [3.8, 4) is 17.2 Å². The highest BCUT2D eigenvalue weighted by atomic mass is 16.5. The molecule has 0 aromatic heterocycles. The Bertz CT molecular complexity index is 626. The van der Waals surface area contributed by atoms with Crippen LogP contribution >= 0.6 is 0 Å². The van der Waals surface area contributed by atoms with Crippen molar-refractivity contribution in [2.75, 3.05) is 39.3 Å². The Kier molecular flexibility index (Phi) is 6.90. The van der Waals surface area contributed by atoms with Gasteiger partial charge in [-0.1, -0.05) is 0 Å². The van der Waals surface area contributed by atoms with Crippen LogP contribution in [-0.2, 0) is 0 Å². The average molecular weight is 352 g/mol. The van der Waals surface area contributed by atoms with E-state index in [0.29, 0.717) is 47.2 Å². The van der Waals surface area contributed by atoms with E-state index in [0.717, 1.165) is 0 Å². The first kappa shape index (κ1) is 20.4. The minimum Gasteiger partial charge on any atom is -0.492 e. The molecule has 1 aromatic rings. The molecule has 8 nitrogen and oxygen atoms in total. The number of benzene rings is 1. The number of anilines is 1. The lowest BCUT2D eigenvalue weighted by Gasteiger charge is -2.31. The molecule has 0 heterocycles. The van der Waals surface area contributed by atoms with E-state index in [9.17, 15) is 4.79 Å². The van der Waals surface area contributed by atoms with Crippen LogP contribution in [-0.4, -0.2) is 51.3 Å². The van der Waals surface area contributed by atoms with Crippen molar-refractivity contribution >= 4 is 17.7 Å². The Balaban J connectivity index is 3.77. The predicted octanol–water partition coefficient (Wildman–Crippen LogP) is 2.49. The molecule has 8 heteroatoms. The maximum absolute atomic E-state index is 12.9. The van der Waals surface area contributed by atoms with E-state index < -0.39 is 0 Å². The second-order valence-electron chi connectivity index (χ2n) is 5.37. The summed E-state index contributed by atoms with van der Waals surface area (Å²) in [7, 11) is 4.53. The smallest absolute Gasteiger partial charge is 0.331 e. The zero-order valence-corrected chi connectivity index (χ0v) is 16.0. The van der Waals surface area contributed by atoms with Gasteiger partial charge in [0.05, 0.1) is 27.0 Å². The van der Waals surface area contributed by atoms with Crippen molar-refractivity contribution in [1.82, 2.24) is 4.90 Å². The Hall–Kier alpha value is -2.64. The van der Waals surface area contributed by atoms with Crippen LogP contribution in [0.2, 0.25) is 0 Å². The van der Waals surface area contributed by atoms with Gasteiger partial charge in [-0.2, -0.15) is 0 Å². The lowest BCUT2D eigenvalue weighted by Crippen LogP contribution is -2.49. The van der Waals surface area contributed by atoms with Gasteiger partial charge in [-0.15, -0.1) is 0 Å². The number of hydrogen-bond acceptors (Lipinski definition) is 5. The summed E-state index contributed by atoms with van der Waals surface area (Å²) in [5.74, 6) is 0.914. The Morgan fingerprint density at radius 2 is 1.36 bits per heavy atom. The average Bonchev–Trinajstić information content (AvgIpc) is 2.58. The van der Waals surface area contributed by atoms with Gasteiger partial charge in [0, 0.05) is 24.2 Å². The van der Waals surface area contributed by atoms with E-state index in [2.05, 4.69) is 0 Å². The van der Waals surface area contributed by atoms with Gasteiger partial charge >= 0.3 is 6.03 Å². The molecule has 0 unspecified atom stereocenters.